The Labute approximate surface area is 162 Å². The van der Waals surface area contributed by atoms with E-state index in [0.717, 1.165) is 24.2 Å². The number of nitrogens with zero attached hydrogens (tertiary/aromatic N) is 2. The molecule has 0 fully saturated rings. The maximum absolute atomic E-state index is 12.3. The molecule has 0 spiro atoms. The zero-order valence-corrected chi connectivity index (χ0v) is 16.3. The van der Waals surface area contributed by atoms with Gasteiger partial charge in [-0.25, -0.2) is 9.78 Å². The Morgan fingerprint density at radius 2 is 2.11 bits per heavy atom. The number of para-hydroxylation sites is 1. The average Bonchev–Trinajstić information content (AvgIpc) is 3.06. The predicted octanol–water partition coefficient (Wildman–Crippen LogP) is 3.02. The van der Waals surface area contributed by atoms with E-state index in [2.05, 4.69) is 29.8 Å². The third-order valence-electron chi connectivity index (χ3n) is 5.89. The van der Waals surface area contributed by atoms with Crippen molar-refractivity contribution >= 4 is 27.8 Å². The molecule has 4 aliphatic heterocycles. The van der Waals surface area contributed by atoms with Gasteiger partial charge < -0.3 is 14.0 Å². The van der Waals surface area contributed by atoms with Crippen molar-refractivity contribution in [3.8, 4) is 11.3 Å². The maximum atomic E-state index is 12.3. The molecule has 0 amide bonds. The molecule has 6 heteroatoms. The van der Waals surface area contributed by atoms with Crippen LogP contribution in [0.4, 0.5) is 0 Å². The van der Waals surface area contributed by atoms with Crippen LogP contribution in [0.15, 0.2) is 48.4 Å². The molecule has 27 heavy (non-hydrogen) atoms. The Bertz CT molecular complexity index is 1030. The molecule has 4 radical (unpaired) electrons. The van der Waals surface area contributed by atoms with Gasteiger partial charge in [-0.1, -0.05) is 18.2 Å². The predicted molar refractivity (Wildman–Crippen MR) is 103 cm³/mol. The Hall–Kier alpha value is -2.60. The van der Waals surface area contributed by atoms with Crippen molar-refractivity contribution < 1.29 is 14.3 Å². The van der Waals surface area contributed by atoms with Gasteiger partial charge in [-0.2, -0.15) is 0 Å². The summed E-state index contributed by atoms with van der Waals surface area (Å²) < 4.78 is 13.0. The van der Waals surface area contributed by atoms with Crippen LogP contribution < -0.4 is 0 Å². The van der Waals surface area contributed by atoms with E-state index in [1.165, 1.54) is 23.8 Å². The van der Waals surface area contributed by atoms with Crippen LogP contribution in [0.1, 0.15) is 12.6 Å². The number of ether oxygens (including phenoxy) is 2. The molecule has 5 rings (SSSR count). The number of methoxy groups -OCH3 is 1. The lowest BCUT2D eigenvalue weighted by molar-refractivity contribution is -0.138. The molecule has 0 aromatic heterocycles. The quantitative estimate of drug-likeness (QED) is 0.484. The lowest BCUT2D eigenvalue weighted by atomic mass is 9.75. The van der Waals surface area contributed by atoms with Gasteiger partial charge in [-0.15, -0.1) is 0 Å². The van der Waals surface area contributed by atoms with E-state index in [-0.39, 0.29) is 34.9 Å². The van der Waals surface area contributed by atoms with Gasteiger partial charge >= 0.3 is 5.97 Å². The third-order valence-corrected chi connectivity index (χ3v) is 5.89. The summed E-state index contributed by atoms with van der Waals surface area (Å²) >= 11 is 0. The highest BCUT2D eigenvalue weighted by atomic mass is 28.1. The summed E-state index contributed by atoms with van der Waals surface area (Å²) in [6, 6.07) is 10.4. The molecule has 1 aromatic rings. The van der Waals surface area contributed by atoms with Gasteiger partial charge in [-0.3, -0.25) is 0 Å². The van der Waals surface area contributed by atoms with Crippen molar-refractivity contribution in [1.82, 2.24) is 9.55 Å². The average molecular weight is 376 g/mol. The highest BCUT2D eigenvalue weighted by Crippen LogP contribution is 2.42. The molecule has 0 saturated heterocycles. The van der Waals surface area contributed by atoms with E-state index < -0.39 is 0 Å². The SMILES string of the molecule is COC(=O)C1=CO[C@@H](C)[C@H]2Cn3ccc4c5ccccc5nc-4c3C[C@H]12.[Si]. The van der Waals surface area contributed by atoms with Gasteiger partial charge in [0.05, 0.1) is 30.2 Å². The van der Waals surface area contributed by atoms with Crippen molar-refractivity contribution in [3.63, 3.8) is 0 Å². The Balaban J connectivity index is 0.00000180. The molecule has 4 heterocycles. The second-order valence-corrected chi connectivity index (χ2v) is 7.19. The van der Waals surface area contributed by atoms with Crippen LogP contribution >= 0.6 is 0 Å². The summed E-state index contributed by atoms with van der Waals surface area (Å²) in [6.07, 6.45) is 4.57. The molecule has 0 N–H and O–H groups in total. The number of rotatable bonds is 1. The summed E-state index contributed by atoms with van der Waals surface area (Å²) in [5, 5.41) is 1.18. The van der Waals surface area contributed by atoms with Crippen molar-refractivity contribution in [2.45, 2.75) is 26.0 Å². The monoisotopic (exact) mass is 376 g/mol. The van der Waals surface area contributed by atoms with E-state index in [9.17, 15) is 4.79 Å². The summed E-state index contributed by atoms with van der Waals surface area (Å²) in [5.74, 6) is 0.0400. The molecule has 0 bridgehead atoms. The summed E-state index contributed by atoms with van der Waals surface area (Å²) in [4.78, 5) is 17.1. The highest BCUT2D eigenvalue weighted by Gasteiger charge is 2.42. The van der Waals surface area contributed by atoms with Gasteiger partial charge in [-0.05, 0) is 25.5 Å². The highest BCUT2D eigenvalue weighted by molar-refractivity contribution is 5.98. The smallest absolute Gasteiger partial charge is 0.337 e. The Morgan fingerprint density at radius 3 is 2.93 bits per heavy atom. The molecule has 0 aliphatic carbocycles. The summed E-state index contributed by atoms with van der Waals surface area (Å²) in [6.45, 7) is 2.88. The number of esters is 1. The van der Waals surface area contributed by atoms with Gasteiger partial charge in [0.2, 0.25) is 0 Å². The first-order valence-corrected chi connectivity index (χ1v) is 8.97. The van der Waals surface area contributed by atoms with Gasteiger partial charge in [0.1, 0.15) is 6.10 Å². The van der Waals surface area contributed by atoms with Crippen LogP contribution in [0.2, 0.25) is 0 Å². The first kappa shape index (κ1) is 17.8. The maximum Gasteiger partial charge on any atom is 0.337 e. The lowest BCUT2D eigenvalue weighted by Gasteiger charge is -2.41. The molecule has 0 unspecified atom stereocenters. The molecular weight excluding hydrogens is 356 g/mol. The minimum Gasteiger partial charge on any atom is -0.497 e. The van der Waals surface area contributed by atoms with Crippen molar-refractivity contribution in [3.05, 3.63) is 54.1 Å². The van der Waals surface area contributed by atoms with Crippen molar-refractivity contribution in [2.24, 2.45) is 11.8 Å². The topological polar surface area (TPSA) is 53.4 Å². The minimum absolute atomic E-state index is 0. The number of fused-ring (bicyclic) bond motifs is 6. The van der Waals surface area contributed by atoms with Crippen LogP contribution in [0.25, 0.3) is 22.2 Å². The lowest BCUT2D eigenvalue weighted by Crippen LogP contribution is -2.42. The summed E-state index contributed by atoms with van der Waals surface area (Å²) in [7, 11) is 1.42. The molecule has 1 aromatic carbocycles. The van der Waals surface area contributed by atoms with Crippen LogP contribution in [-0.4, -0.2) is 39.7 Å². The van der Waals surface area contributed by atoms with Crippen molar-refractivity contribution in [1.29, 1.82) is 0 Å². The van der Waals surface area contributed by atoms with Gasteiger partial charge in [0.25, 0.3) is 0 Å². The van der Waals surface area contributed by atoms with Crippen LogP contribution in [0, 0.1) is 11.8 Å². The van der Waals surface area contributed by atoms with E-state index in [1.54, 1.807) is 6.26 Å². The van der Waals surface area contributed by atoms with E-state index in [1.807, 2.05) is 18.2 Å². The number of benzene rings is 1. The third kappa shape index (κ3) is 2.58. The van der Waals surface area contributed by atoms with Crippen LogP contribution in [0.5, 0.6) is 0 Å². The fourth-order valence-corrected chi connectivity index (χ4v) is 4.49. The first-order chi connectivity index (χ1) is 12.7. The normalized spacial score (nSPS) is 23.6. The number of carbonyl (C=O) groups is 1. The van der Waals surface area contributed by atoms with Gasteiger partial charge in [0.15, 0.2) is 0 Å². The number of carbonyl (C=O) groups excluding carboxylic acids is 1. The van der Waals surface area contributed by atoms with E-state index in [0.29, 0.717) is 5.57 Å². The number of aromatic nitrogens is 2. The number of hydrogen-bond donors (Lipinski definition) is 0. The molecular formula is C21H20N2O3Si. The van der Waals surface area contributed by atoms with E-state index >= 15 is 0 Å². The molecule has 5 nitrogen and oxygen atoms in total. The molecule has 0 saturated carbocycles. The molecule has 4 aliphatic rings. The number of hydrogen-bond acceptors (Lipinski definition) is 4. The molecule has 3 atom stereocenters. The summed E-state index contributed by atoms with van der Waals surface area (Å²) in [5.41, 5.74) is 5.05. The van der Waals surface area contributed by atoms with Crippen LogP contribution in [-0.2, 0) is 27.2 Å². The second kappa shape index (κ2) is 6.53. The van der Waals surface area contributed by atoms with Gasteiger partial charge in [0, 0.05) is 52.2 Å². The van der Waals surface area contributed by atoms with E-state index in [4.69, 9.17) is 14.5 Å². The first-order valence-electron chi connectivity index (χ1n) is 8.97. The number of pyridine rings is 1. The fourth-order valence-electron chi connectivity index (χ4n) is 4.49. The Kier molecular flexibility index (Phi) is 4.30. The fraction of sp³-hybridized carbons (Fsp3) is 0.333. The Morgan fingerprint density at radius 1 is 1.30 bits per heavy atom. The molecule has 136 valence electrons. The largest absolute Gasteiger partial charge is 0.497 e. The minimum atomic E-state index is -0.298. The standard InChI is InChI=1S/C21H20N2O3.Si/c1-12-16-10-23-8-7-14-13-5-3-4-6-18(13)22-20(14)19(23)9-15(16)17(11-26-12)21(24)25-2;/h3-8,11-12,15-16H,9-10H2,1-2H3;/t12-,15-,16+;/m0./s1. The second-order valence-electron chi connectivity index (χ2n) is 7.19. The van der Waals surface area contributed by atoms with Crippen molar-refractivity contribution in [2.75, 3.05) is 7.11 Å². The van der Waals surface area contributed by atoms with Crippen LogP contribution in [0.3, 0.4) is 0 Å². The zero-order chi connectivity index (χ0) is 17.8. The zero-order valence-electron chi connectivity index (χ0n) is 15.3.